The maximum absolute atomic E-state index is 12.9. The van der Waals surface area contributed by atoms with Crippen LogP contribution in [0.5, 0.6) is 5.75 Å². The van der Waals surface area contributed by atoms with Crippen LogP contribution in [-0.4, -0.2) is 19.2 Å². The van der Waals surface area contributed by atoms with E-state index in [1.165, 1.54) is 25.3 Å². The van der Waals surface area contributed by atoms with E-state index in [4.69, 9.17) is 16.3 Å². The van der Waals surface area contributed by atoms with Gasteiger partial charge in [-0.05, 0) is 30.3 Å². The number of esters is 1. The van der Waals surface area contributed by atoms with Crippen molar-refractivity contribution < 1.29 is 23.5 Å². The molecule has 0 radical (unpaired) electrons. The Labute approximate surface area is 130 Å². The van der Waals surface area contributed by atoms with Crippen molar-refractivity contribution in [3.05, 3.63) is 58.9 Å². The largest absolute Gasteiger partial charge is 0.465 e. The van der Waals surface area contributed by atoms with Gasteiger partial charge in [0.1, 0.15) is 5.82 Å². The Kier molecular flexibility index (Phi) is 4.95. The van der Waals surface area contributed by atoms with E-state index in [9.17, 15) is 14.0 Å². The maximum Gasteiger partial charge on any atom is 0.417 e. The molecule has 2 aromatic carbocycles. The van der Waals surface area contributed by atoms with Crippen molar-refractivity contribution in [1.29, 1.82) is 0 Å². The second-order valence-corrected chi connectivity index (χ2v) is 4.53. The lowest BCUT2D eigenvalue weighted by Gasteiger charge is -2.10. The van der Waals surface area contributed by atoms with Crippen LogP contribution in [0.2, 0.25) is 5.02 Å². The first-order valence-corrected chi connectivity index (χ1v) is 6.50. The molecular weight excluding hydrogens is 313 g/mol. The summed E-state index contributed by atoms with van der Waals surface area (Å²) < 4.78 is 22.5. The maximum atomic E-state index is 12.9. The number of anilines is 1. The van der Waals surface area contributed by atoms with Crippen molar-refractivity contribution in [2.75, 3.05) is 12.4 Å². The van der Waals surface area contributed by atoms with E-state index in [0.717, 1.165) is 12.1 Å². The summed E-state index contributed by atoms with van der Waals surface area (Å²) >= 11 is 5.76. The van der Waals surface area contributed by atoms with Crippen molar-refractivity contribution in [3.63, 3.8) is 0 Å². The summed E-state index contributed by atoms with van der Waals surface area (Å²) in [6.07, 6.45) is -0.870. The molecule has 0 saturated heterocycles. The molecule has 0 aliphatic carbocycles. The van der Waals surface area contributed by atoms with Gasteiger partial charge in [-0.25, -0.2) is 14.0 Å². The molecule has 0 bridgehead atoms. The molecule has 1 amide bonds. The van der Waals surface area contributed by atoms with Gasteiger partial charge in [0.15, 0.2) is 5.75 Å². The zero-order valence-electron chi connectivity index (χ0n) is 11.4. The summed E-state index contributed by atoms with van der Waals surface area (Å²) in [7, 11) is 1.23. The number of amides is 1. The summed E-state index contributed by atoms with van der Waals surface area (Å²) in [4.78, 5) is 23.4. The van der Waals surface area contributed by atoms with Gasteiger partial charge in [-0.15, -0.1) is 0 Å². The van der Waals surface area contributed by atoms with E-state index >= 15 is 0 Å². The van der Waals surface area contributed by atoms with Gasteiger partial charge < -0.3 is 9.47 Å². The first-order valence-electron chi connectivity index (χ1n) is 6.12. The van der Waals surface area contributed by atoms with E-state index in [1.54, 1.807) is 12.1 Å². The lowest BCUT2D eigenvalue weighted by molar-refractivity contribution is 0.0602. The number of rotatable bonds is 3. The van der Waals surface area contributed by atoms with Gasteiger partial charge in [0.2, 0.25) is 0 Å². The fourth-order valence-corrected chi connectivity index (χ4v) is 1.88. The molecule has 0 aromatic heterocycles. The van der Waals surface area contributed by atoms with Crippen molar-refractivity contribution in [3.8, 4) is 5.75 Å². The van der Waals surface area contributed by atoms with Gasteiger partial charge in [0, 0.05) is 0 Å². The predicted molar refractivity (Wildman–Crippen MR) is 78.8 cm³/mol. The highest BCUT2D eigenvalue weighted by Crippen LogP contribution is 2.25. The Morgan fingerprint density at radius 1 is 1.18 bits per heavy atom. The highest BCUT2D eigenvalue weighted by molar-refractivity contribution is 6.32. The van der Waals surface area contributed by atoms with Crippen molar-refractivity contribution in [2.45, 2.75) is 0 Å². The average Bonchev–Trinajstić information content (AvgIpc) is 2.50. The molecule has 0 aliphatic heterocycles. The zero-order chi connectivity index (χ0) is 16.1. The van der Waals surface area contributed by atoms with Gasteiger partial charge in [0.25, 0.3) is 0 Å². The fourth-order valence-electron chi connectivity index (χ4n) is 1.67. The molecule has 2 rings (SSSR count). The monoisotopic (exact) mass is 323 g/mol. The van der Waals surface area contributed by atoms with Crippen LogP contribution in [0.1, 0.15) is 10.4 Å². The van der Waals surface area contributed by atoms with E-state index in [1.807, 2.05) is 0 Å². The smallest absolute Gasteiger partial charge is 0.417 e. The van der Waals surface area contributed by atoms with Crippen LogP contribution in [0.3, 0.4) is 0 Å². The second-order valence-electron chi connectivity index (χ2n) is 4.13. The fraction of sp³-hybridized carbons (Fsp3) is 0.0667. The van der Waals surface area contributed by atoms with Gasteiger partial charge >= 0.3 is 12.1 Å². The number of nitrogens with one attached hydrogen (secondary N) is 1. The molecule has 0 fully saturated rings. The predicted octanol–water partition coefficient (Wildman–Crippen LogP) is 3.88. The Balaban J connectivity index is 2.14. The molecule has 0 unspecified atom stereocenters. The molecule has 114 valence electrons. The first-order chi connectivity index (χ1) is 10.5. The minimum atomic E-state index is -0.870. The van der Waals surface area contributed by atoms with Gasteiger partial charge in [0.05, 0.1) is 23.4 Å². The van der Waals surface area contributed by atoms with Gasteiger partial charge in [-0.2, -0.15) is 0 Å². The summed E-state index contributed by atoms with van der Waals surface area (Å²) in [6, 6.07) is 9.62. The number of ether oxygens (including phenoxy) is 2. The van der Waals surface area contributed by atoms with Crippen molar-refractivity contribution in [2.24, 2.45) is 0 Å². The molecule has 0 heterocycles. The van der Waals surface area contributed by atoms with Crippen LogP contribution >= 0.6 is 11.6 Å². The molecule has 0 spiro atoms. The SMILES string of the molecule is COC(=O)c1ccccc1NC(=O)Oc1ccc(F)cc1Cl. The summed E-state index contributed by atoms with van der Waals surface area (Å²) in [6.45, 7) is 0. The third-order valence-electron chi connectivity index (χ3n) is 2.67. The first kappa shape index (κ1) is 15.8. The highest BCUT2D eigenvalue weighted by Gasteiger charge is 2.15. The van der Waals surface area contributed by atoms with Crippen molar-refractivity contribution >= 4 is 29.4 Å². The average molecular weight is 324 g/mol. The third kappa shape index (κ3) is 3.73. The Morgan fingerprint density at radius 3 is 2.59 bits per heavy atom. The standard InChI is InChI=1S/C15H11ClFNO4/c1-21-14(19)10-4-2-3-5-12(10)18-15(20)22-13-7-6-9(17)8-11(13)16/h2-8H,1H3,(H,18,20). The van der Waals surface area contributed by atoms with Crippen molar-refractivity contribution in [1.82, 2.24) is 0 Å². The number of carbonyl (C=O) groups is 2. The molecule has 0 aliphatic rings. The van der Waals surface area contributed by atoms with Crippen LogP contribution < -0.4 is 10.1 Å². The minimum Gasteiger partial charge on any atom is -0.465 e. The number of benzene rings is 2. The van der Waals surface area contributed by atoms with E-state index < -0.39 is 17.9 Å². The second kappa shape index (κ2) is 6.91. The van der Waals surface area contributed by atoms with E-state index in [0.29, 0.717) is 0 Å². The Hall–Kier alpha value is -2.60. The Morgan fingerprint density at radius 2 is 1.91 bits per heavy atom. The van der Waals surface area contributed by atoms with E-state index in [2.05, 4.69) is 10.1 Å². The Bertz CT molecular complexity index is 720. The molecule has 5 nitrogen and oxygen atoms in total. The molecule has 2 aromatic rings. The van der Waals surface area contributed by atoms with Gasteiger partial charge in [-0.1, -0.05) is 23.7 Å². The van der Waals surface area contributed by atoms with Crippen LogP contribution in [0.4, 0.5) is 14.9 Å². The lowest BCUT2D eigenvalue weighted by Crippen LogP contribution is -2.19. The zero-order valence-corrected chi connectivity index (χ0v) is 12.2. The van der Waals surface area contributed by atoms with Crippen LogP contribution in [-0.2, 0) is 4.74 Å². The van der Waals surface area contributed by atoms with E-state index in [-0.39, 0.29) is 22.0 Å². The number of halogens is 2. The van der Waals surface area contributed by atoms with Crippen LogP contribution in [0.25, 0.3) is 0 Å². The van der Waals surface area contributed by atoms with Crippen LogP contribution in [0.15, 0.2) is 42.5 Å². The number of hydrogen-bond donors (Lipinski definition) is 1. The lowest BCUT2D eigenvalue weighted by atomic mass is 10.2. The number of carbonyl (C=O) groups excluding carboxylic acids is 2. The highest BCUT2D eigenvalue weighted by atomic mass is 35.5. The molecule has 22 heavy (non-hydrogen) atoms. The summed E-state index contributed by atoms with van der Waals surface area (Å²) in [5, 5.41) is 2.36. The summed E-state index contributed by atoms with van der Waals surface area (Å²) in [5.41, 5.74) is 0.393. The number of hydrogen-bond acceptors (Lipinski definition) is 4. The summed E-state index contributed by atoms with van der Waals surface area (Å²) in [5.74, 6) is -1.15. The van der Waals surface area contributed by atoms with Crippen LogP contribution in [0, 0.1) is 5.82 Å². The topological polar surface area (TPSA) is 64.6 Å². The molecule has 0 saturated carbocycles. The third-order valence-corrected chi connectivity index (χ3v) is 2.96. The molecule has 7 heteroatoms. The minimum absolute atomic E-state index is 0.00360. The molecular formula is C15H11ClFNO4. The normalized spacial score (nSPS) is 9.95. The number of methoxy groups -OCH3 is 1. The molecule has 0 atom stereocenters. The van der Waals surface area contributed by atoms with Gasteiger partial charge in [-0.3, -0.25) is 5.32 Å². The quantitative estimate of drug-likeness (QED) is 0.871. The number of para-hydroxylation sites is 1. The molecule has 1 N–H and O–H groups in total.